The summed E-state index contributed by atoms with van der Waals surface area (Å²) in [4.78, 5) is 0. The quantitative estimate of drug-likeness (QED) is 0.685. The third-order valence-electron chi connectivity index (χ3n) is 3.97. The molecule has 1 unspecified atom stereocenters. The van der Waals surface area contributed by atoms with E-state index in [0.717, 1.165) is 13.2 Å². The lowest BCUT2D eigenvalue weighted by Gasteiger charge is -2.34. The average molecular weight is 241 g/mol. The van der Waals surface area contributed by atoms with E-state index in [2.05, 4.69) is 33.0 Å². The SMILES string of the molecule is CCNC(C)CCCOC1CCC(C)(C)CC1. The van der Waals surface area contributed by atoms with Crippen LogP contribution >= 0.6 is 0 Å². The van der Waals surface area contributed by atoms with E-state index in [1.807, 2.05) is 0 Å². The highest BCUT2D eigenvalue weighted by molar-refractivity contribution is 4.78. The molecule has 0 saturated heterocycles. The normalized spacial score (nSPS) is 22.6. The summed E-state index contributed by atoms with van der Waals surface area (Å²) in [6.45, 7) is 11.2. The molecule has 0 bridgehead atoms. The van der Waals surface area contributed by atoms with Crippen LogP contribution in [-0.4, -0.2) is 25.3 Å². The number of rotatable bonds is 7. The van der Waals surface area contributed by atoms with Crippen molar-refractivity contribution in [1.29, 1.82) is 0 Å². The summed E-state index contributed by atoms with van der Waals surface area (Å²) in [5, 5.41) is 3.44. The number of nitrogens with one attached hydrogen (secondary N) is 1. The number of ether oxygens (including phenoxy) is 1. The van der Waals surface area contributed by atoms with Gasteiger partial charge in [-0.05, 0) is 57.4 Å². The molecule has 0 spiro atoms. The van der Waals surface area contributed by atoms with Crippen molar-refractivity contribution in [3.63, 3.8) is 0 Å². The van der Waals surface area contributed by atoms with Gasteiger partial charge in [0.15, 0.2) is 0 Å². The van der Waals surface area contributed by atoms with Crippen LogP contribution in [0.15, 0.2) is 0 Å². The molecule has 1 saturated carbocycles. The summed E-state index contributed by atoms with van der Waals surface area (Å²) in [5.74, 6) is 0. The monoisotopic (exact) mass is 241 g/mol. The van der Waals surface area contributed by atoms with E-state index in [1.54, 1.807) is 0 Å². The lowest BCUT2D eigenvalue weighted by molar-refractivity contribution is 0.00233. The van der Waals surface area contributed by atoms with Crippen molar-refractivity contribution in [2.45, 2.75) is 78.4 Å². The Bertz CT molecular complexity index is 193. The molecule has 1 aliphatic carbocycles. The maximum Gasteiger partial charge on any atom is 0.0575 e. The van der Waals surface area contributed by atoms with Crippen molar-refractivity contribution >= 4 is 0 Å². The highest BCUT2D eigenvalue weighted by atomic mass is 16.5. The van der Waals surface area contributed by atoms with Gasteiger partial charge in [-0.15, -0.1) is 0 Å². The maximum atomic E-state index is 5.98. The van der Waals surface area contributed by atoms with Crippen molar-refractivity contribution in [1.82, 2.24) is 5.32 Å². The zero-order valence-electron chi connectivity index (χ0n) is 12.2. The van der Waals surface area contributed by atoms with Gasteiger partial charge in [0.1, 0.15) is 0 Å². The lowest BCUT2D eigenvalue weighted by atomic mass is 9.76. The fraction of sp³-hybridized carbons (Fsp3) is 1.00. The molecule has 1 aliphatic rings. The fourth-order valence-electron chi connectivity index (χ4n) is 2.63. The molecule has 17 heavy (non-hydrogen) atoms. The fourth-order valence-corrected chi connectivity index (χ4v) is 2.63. The summed E-state index contributed by atoms with van der Waals surface area (Å²) in [5.41, 5.74) is 0.555. The first kappa shape index (κ1) is 15.0. The van der Waals surface area contributed by atoms with E-state index in [4.69, 9.17) is 4.74 Å². The molecule has 1 N–H and O–H groups in total. The highest BCUT2D eigenvalue weighted by Gasteiger charge is 2.26. The molecule has 0 aliphatic heterocycles. The van der Waals surface area contributed by atoms with Crippen LogP contribution in [-0.2, 0) is 4.74 Å². The maximum absolute atomic E-state index is 5.98. The second-order valence-corrected chi connectivity index (χ2v) is 6.34. The van der Waals surface area contributed by atoms with Gasteiger partial charge in [0.05, 0.1) is 6.10 Å². The minimum atomic E-state index is 0.539. The Morgan fingerprint density at radius 3 is 2.53 bits per heavy atom. The van der Waals surface area contributed by atoms with E-state index in [-0.39, 0.29) is 0 Å². The van der Waals surface area contributed by atoms with Crippen LogP contribution in [0.4, 0.5) is 0 Å². The van der Waals surface area contributed by atoms with Gasteiger partial charge in [0, 0.05) is 12.6 Å². The number of hydrogen-bond donors (Lipinski definition) is 1. The van der Waals surface area contributed by atoms with Crippen LogP contribution in [0.2, 0.25) is 0 Å². The van der Waals surface area contributed by atoms with E-state index < -0.39 is 0 Å². The largest absolute Gasteiger partial charge is 0.378 e. The molecule has 0 amide bonds. The van der Waals surface area contributed by atoms with Crippen molar-refractivity contribution in [2.24, 2.45) is 5.41 Å². The third kappa shape index (κ3) is 6.42. The second-order valence-electron chi connectivity index (χ2n) is 6.34. The van der Waals surface area contributed by atoms with Gasteiger partial charge in [0.25, 0.3) is 0 Å². The topological polar surface area (TPSA) is 21.3 Å². The van der Waals surface area contributed by atoms with Crippen LogP contribution in [0.25, 0.3) is 0 Å². The van der Waals surface area contributed by atoms with Crippen LogP contribution < -0.4 is 5.32 Å². The summed E-state index contributed by atoms with van der Waals surface area (Å²) >= 11 is 0. The van der Waals surface area contributed by atoms with Gasteiger partial charge in [-0.2, -0.15) is 0 Å². The molecule has 0 aromatic rings. The van der Waals surface area contributed by atoms with E-state index in [9.17, 15) is 0 Å². The molecule has 0 aromatic carbocycles. The Balaban J connectivity index is 2.00. The van der Waals surface area contributed by atoms with E-state index in [0.29, 0.717) is 17.6 Å². The zero-order valence-corrected chi connectivity index (χ0v) is 12.2. The van der Waals surface area contributed by atoms with Crippen molar-refractivity contribution in [2.75, 3.05) is 13.2 Å². The van der Waals surface area contributed by atoms with Crippen molar-refractivity contribution in [3.05, 3.63) is 0 Å². The Morgan fingerprint density at radius 1 is 1.29 bits per heavy atom. The Labute approximate surface area is 108 Å². The molecular weight excluding hydrogens is 210 g/mol. The minimum Gasteiger partial charge on any atom is -0.378 e. The first-order valence-electron chi connectivity index (χ1n) is 7.38. The predicted molar refractivity (Wildman–Crippen MR) is 74.4 cm³/mol. The van der Waals surface area contributed by atoms with Crippen molar-refractivity contribution < 1.29 is 4.74 Å². The molecule has 0 radical (unpaired) electrons. The summed E-state index contributed by atoms with van der Waals surface area (Å²) in [6, 6.07) is 0.633. The lowest BCUT2D eigenvalue weighted by Crippen LogP contribution is -2.28. The molecule has 1 rings (SSSR count). The highest BCUT2D eigenvalue weighted by Crippen LogP contribution is 2.36. The van der Waals surface area contributed by atoms with Gasteiger partial charge in [-0.1, -0.05) is 20.8 Å². The van der Waals surface area contributed by atoms with Gasteiger partial charge in [-0.3, -0.25) is 0 Å². The third-order valence-corrected chi connectivity index (χ3v) is 3.97. The second kappa shape index (κ2) is 7.38. The van der Waals surface area contributed by atoms with Crippen molar-refractivity contribution in [3.8, 4) is 0 Å². The van der Waals surface area contributed by atoms with Crippen LogP contribution in [0.3, 0.4) is 0 Å². The zero-order chi connectivity index (χ0) is 12.7. The first-order valence-corrected chi connectivity index (χ1v) is 7.38. The number of hydrogen-bond acceptors (Lipinski definition) is 2. The first-order chi connectivity index (χ1) is 8.03. The molecule has 2 heteroatoms. The smallest absolute Gasteiger partial charge is 0.0575 e. The molecule has 2 nitrogen and oxygen atoms in total. The Morgan fingerprint density at radius 2 is 1.94 bits per heavy atom. The minimum absolute atomic E-state index is 0.539. The van der Waals surface area contributed by atoms with Gasteiger partial charge in [0.2, 0.25) is 0 Å². The average Bonchev–Trinajstić information content (AvgIpc) is 2.27. The summed E-state index contributed by atoms with van der Waals surface area (Å²) in [7, 11) is 0. The molecule has 0 aromatic heterocycles. The summed E-state index contributed by atoms with van der Waals surface area (Å²) < 4.78 is 5.98. The van der Waals surface area contributed by atoms with E-state index >= 15 is 0 Å². The molecule has 0 heterocycles. The van der Waals surface area contributed by atoms with E-state index in [1.165, 1.54) is 38.5 Å². The summed E-state index contributed by atoms with van der Waals surface area (Å²) in [6.07, 6.45) is 8.13. The Hall–Kier alpha value is -0.0800. The van der Waals surface area contributed by atoms with Crippen LogP contribution in [0.5, 0.6) is 0 Å². The van der Waals surface area contributed by atoms with Crippen LogP contribution in [0.1, 0.15) is 66.2 Å². The van der Waals surface area contributed by atoms with Gasteiger partial charge in [-0.25, -0.2) is 0 Å². The van der Waals surface area contributed by atoms with Gasteiger partial charge >= 0.3 is 0 Å². The molecular formula is C15H31NO. The molecule has 102 valence electrons. The van der Waals surface area contributed by atoms with Gasteiger partial charge < -0.3 is 10.1 Å². The molecule has 1 fully saturated rings. The predicted octanol–water partition coefficient (Wildman–Crippen LogP) is 3.75. The Kier molecular flexibility index (Phi) is 6.50. The van der Waals surface area contributed by atoms with Crippen LogP contribution in [0, 0.1) is 5.41 Å². The standard InChI is InChI=1S/C15H31NO/c1-5-16-13(2)7-6-12-17-14-8-10-15(3,4)11-9-14/h13-14,16H,5-12H2,1-4H3. The molecule has 1 atom stereocenters.